The van der Waals surface area contributed by atoms with Crippen molar-refractivity contribution in [1.29, 1.82) is 0 Å². The van der Waals surface area contributed by atoms with Gasteiger partial charge in [0, 0.05) is 37.8 Å². The van der Waals surface area contributed by atoms with Crippen molar-refractivity contribution >= 4 is 57.1 Å². The van der Waals surface area contributed by atoms with Crippen molar-refractivity contribution in [3.8, 4) is 5.75 Å². The van der Waals surface area contributed by atoms with Crippen LogP contribution in [0, 0.1) is 0 Å². The maximum Gasteiger partial charge on any atom is 0.252 e. The lowest BCUT2D eigenvalue weighted by atomic mass is 10.1. The highest BCUT2D eigenvalue weighted by molar-refractivity contribution is 6.43. The molecule has 1 aliphatic rings. The molecule has 0 saturated carbocycles. The van der Waals surface area contributed by atoms with Gasteiger partial charge >= 0.3 is 0 Å². The molecular formula is C23H25Cl2N5O2. The lowest BCUT2D eigenvalue weighted by molar-refractivity contribution is 0.100. The van der Waals surface area contributed by atoms with Gasteiger partial charge in [0.2, 0.25) is 0 Å². The summed E-state index contributed by atoms with van der Waals surface area (Å²) in [6, 6.07) is 9.08. The van der Waals surface area contributed by atoms with Crippen LogP contribution in [0.15, 0.2) is 36.5 Å². The molecule has 7 nitrogen and oxygen atoms in total. The van der Waals surface area contributed by atoms with Gasteiger partial charge in [0.05, 0.1) is 39.1 Å². The van der Waals surface area contributed by atoms with E-state index in [4.69, 9.17) is 33.7 Å². The summed E-state index contributed by atoms with van der Waals surface area (Å²) in [6.07, 6.45) is 1.50. The summed E-state index contributed by atoms with van der Waals surface area (Å²) in [5.41, 5.74) is 8.69. The first kappa shape index (κ1) is 22.5. The highest BCUT2D eigenvalue weighted by Crippen LogP contribution is 2.41. The molecule has 0 aliphatic carbocycles. The lowest BCUT2D eigenvalue weighted by Crippen LogP contribution is -2.44. The third-order valence-corrected chi connectivity index (χ3v) is 6.39. The Labute approximate surface area is 197 Å². The van der Waals surface area contributed by atoms with Crippen LogP contribution < -0.4 is 20.7 Å². The van der Waals surface area contributed by atoms with Crippen LogP contribution in [0.5, 0.6) is 5.75 Å². The molecule has 0 radical (unpaired) electrons. The number of aromatic nitrogens is 1. The van der Waals surface area contributed by atoms with Crippen LogP contribution in [0.25, 0.3) is 10.9 Å². The van der Waals surface area contributed by atoms with Gasteiger partial charge in [-0.25, -0.2) is 0 Å². The zero-order valence-electron chi connectivity index (χ0n) is 18.0. The second kappa shape index (κ2) is 9.40. The number of carbonyl (C=O) groups is 1. The van der Waals surface area contributed by atoms with Gasteiger partial charge in [-0.15, -0.1) is 0 Å². The average molecular weight is 474 g/mol. The number of rotatable bonds is 6. The number of nitrogens with zero attached hydrogens (tertiary/aromatic N) is 3. The minimum absolute atomic E-state index is 0.266. The third kappa shape index (κ3) is 4.28. The normalized spacial score (nSPS) is 14.6. The van der Waals surface area contributed by atoms with Crippen molar-refractivity contribution in [2.75, 3.05) is 50.1 Å². The minimum atomic E-state index is -0.588. The summed E-state index contributed by atoms with van der Waals surface area (Å²) >= 11 is 12.6. The zero-order chi connectivity index (χ0) is 22.8. The molecule has 2 heterocycles. The average Bonchev–Trinajstić information content (AvgIpc) is 2.77. The number of piperazine rings is 1. The van der Waals surface area contributed by atoms with E-state index in [1.165, 1.54) is 6.20 Å². The van der Waals surface area contributed by atoms with E-state index in [9.17, 15) is 4.79 Å². The molecule has 4 rings (SSSR count). The molecule has 1 amide bonds. The summed E-state index contributed by atoms with van der Waals surface area (Å²) in [5, 5.41) is 4.79. The molecule has 0 bridgehead atoms. The van der Waals surface area contributed by atoms with E-state index in [1.807, 2.05) is 19.1 Å². The fourth-order valence-electron chi connectivity index (χ4n) is 3.90. The van der Waals surface area contributed by atoms with E-state index < -0.39 is 5.91 Å². The van der Waals surface area contributed by atoms with Gasteiger partial charge in [-0.2, -0.15) is 0 Å². The molecule has 0 spiro atoms. The Kier molecular flexibility index (Phi) is 6.60. The zero-order valence-corrected chi connectivity index (χ0v) is 19.5. The van der Waals surface area contributed by atoms with E-state index >= 15 is 0 Å². The largest absolute Gasteiger partial charge is 0.492 e. The molecule has 0 atom stereocenters. The molecule has 2 aromatic carbocycles. The third-order valence-electron chi connectivity index (χ3n) is 5.57. The Bertz CT molecular complexity index is 1160. The maximum absolute atomic E-state index is 12.2. The Morgan fingerprint density at radius 3 is 2.62 bits per heavy atom. The van der Waals surface area contributed by atoms with Gasteiger partial charge in [-0.05, 0) is 38.2 Å². The summed E-state index contributed by atoms with van der Waals surface area (Å²) in [4.78, 5) is 21.5. The summed E-state index contributed by atoms with van der Waals surface area (Å²) in [7, 11) is 2.11. The van der Waals surface area contributed by atoms with Crippen LogP contribution in [-0.4, -0.2) is 55.6 Å². The predicted molar refractivity (Wildman–Crippen MR) is 131 cm³/mol. The SMILES string of the molecule is CCOc1ccc2c(Nc3cccc(Cl)c3Cl)c(C(N)=O)cnc2c1N1CCN(C)CC1. The van der Waals surface area contributed by atoms with Gasteiger partial charge in [-0.1, -0.05) is 29.3 Å². The predicted octanol–water partition coefficient (Wildman–Crippen LogP) is 4.53. The number of anilines is 3. The topological polar surface area (TPSA) is 83.7 Å². The number of amides is 1. The van der Waals surface area contributed by atoms with E-state index in [2.05, 4.69) is 27.1 Å². The molecule has 1 fully saturated rings. The number of hydrogen-bond acceptors (Lipinski definition) is 6. The molecule has 3 aromatic rings. The van der Waals surface area contributed by atoms with Crippen molar-refractivity contribution in [3.05, 3.63) is 52.1 Å². The van der Waals surface area contributed by atoms with E-state index in [0.717, 1.165) is 48.5 Å². The minimum Gasteiger partial charge on any atom is -0.492 e. The van der Waals surface area contributed by atoms with Crippen LogP contribution in [0.2, 0.25) is 10.0 Å². The van der Waals surface area contributed by atoms with Crippen molar-refractivity contribution in [2.45, 2.75) is 6.92 Å². The molecule has 9 heteroatoms. The second-order valence-corrected chi connectivity index (χ2v) is 8.45. The van der Waals surface area contributed by atoms with Crippen molar-refractivity contribution < 1.29 is 9.53 Å². The van der Waals surface area contributed by atoms with E-state index in [-0.39, 0.29) is 5.56 Å². The summed E-state index contributed by atoms with van der Waals surface area (Å²) < 4.78 is 5.95. The van der Waals surface area contributed by atoms with Gasteiger partial charge in [-0.3, -0.25) is 9.78 Å². The number of likely N-dealkylation sites (N-methyl/N-ethyl adjacent to an activating group) is 1. The molecule has 3 N–H and O–H groups in total. The Balaban J connectivity index is 1.92. The molecule has 1 aromatic heterocycles. The number of fused-ring (bicyclic) bond motifs is 1. The number of halogens is 2. The fourth-order valence-corrected chi connectivity index (χ4v) is 4.24. The van der Waals surface area contributed by atoms with Crippen molar-refractivity contribution in [1.82, 2.24) is 9.88 Å². The lowest BCUT2D eigenvalue weighted by Gasteiger charge is -2.35. The number of nitrogens with one attached hydrogen (secondary N) is 1. The molecule has 1 aliphatic heterocycles. The molecule has 1 saturated heterocycles. The number of carbonyl (C=O) groups excluding carboxylic acids is 1. The fraction of sp³-hybridized carbons (Fsp3) is 0.304. The summed E-state index contributed by atoms with van der Waals surface area (Å²) in [6.45, 7) is 6.05. The Morgan fingerprint density at radius 2 is 1.94 bits per heavy atom. The van der Waals surface area contributed by atoms with Gasteiger partial charge in [0.15, 0.2) is 0 Å². The number of hydrogen-bond donors (Lipinski definition) is 2. The van der Waals surface area contributed by atoms with Gasteiger partial charge < -0.3 is 25.6 Å². The van der Waals surface area contributed by atoms with Crippen LogP contribution in [0.1, 0.15) is 17.3 Å². The molecule has 32 heavy (non-hydrogen) atoms. The van der Waals surface area contributed by atoms with Gasteiger partial charge in [0.25, 0.3) is 5.91 Å². The standard InChI is InChI=1S/C23H25Cl2N5O2/c1-3-32-18-8-7-14-20(28-17-6-4-5-16(24)19(17)25)15(23(26)31)13-27-21(14)22(18)30-11-9-29(2)10-12-30/h4-8,13H,3,9-12H2,1-2H3,(H2,26,31)(H,27,28). The quantitative estimate of drug-likeness (QED) is 0.546. The molecular weight excluding hydrogens is 449 g/mol. The molecule has 168 valence electrons. The first-order valence-corrected chi connectivity index (χ1v) is 11.2. The second-order valence-electron chi connectivity index (χ2n) is 7.67. The van der Waals surface area contributed by atoms with Crippen molar-refractivity contribution in [2.24, 2.45) is 5.73 Å². The number of ether oxygens (including phenoxy) is 1. The molecule has 0 unspecified atom stereocenters. The Hall–Kier alpha value is -2.74. The van der Waals surface area contributed by atoms with Crippen LogP contribution >= 0.6 is 23.2 Å². The number of pyridine rings is 1. The van der Waals surface area contributed by atoms with E-state index in [1.54, 1.807) is 18.2 Å². The van der Waals surface area contributed by atoms with Gasteiger partial charge in [0.1, 0.15) is 11.4 Å². The highest BCUT2D eigenvalue weighted by atomic mass is 35.5. The van der Waals surface area contributed by atoms with Crippen LogP contribution in [0.3, 0.4) is 0 Å². The smallest absolute Gasteiger partial charge is 0.252 e. The first-order chi connectivity index (χ1) is 15.4. The summed E-state index contributed by atoms with van der Waals surface area (Å²) in [5.74, 6) is 0.172. The number of primary amides is 1. The first-order valence-electron chi connectivity index (χ1n) is 10.4. The number of benzene rings is 2. The monoisotopic (exact) mass is 473 g/mol. The maximum atomic E-state index is 12.2. The van der Waals surface area contributed by atoms with Crippen LogP contribution in [-0.2, 0) is 0 Å². The van der Waals surface area contributed by atoms with Crippen molar-refractivity contribution in [3.63, 3.8) is 0 Å². The highest BCUT2D eigenvalue weighted by Gasteiger charge is 2.24. The van der Waals surface area contributed by atoms with Crippen LogP contribution in [0.4, 0.5) is 17.1 Å². The van der Waals surface area contributed by atoms with E-state index in [0.29, 0.717) is 28.0 Å². The number of nitrogens with two attached hydrogens (primary N) is 1. The Morgan fingerprint density at radius 1 is 1.19 bits per heavy atom.